The van der Waals surface area contributed by atoms with Crippen molar-refractivity contribution in [1.29, 1.82) is 0 Å². The van der Waals surface area contributed by atoms with Crippen LogP contribution >= 0.6 is 11.6 Å². The minimum Gasteiger partial charge on any atom is -0.393 e. The van der Waals surface area contributed by atoms with Gasteiger partial charge in [0, 0.05) is 37.7 Å². The molecule has 1 aliphatic rings. The molecule has 1 aliphatic heterocycles. The zero-order chi connectivity index (χ0) is 16.8. The standard InChI is InChI=1S/C17H25ClN2O3/c1-12(21)14-7-9-20(11-14)17(22)19-16(8-10-23-2)13-3-5-15(18)6-4-13/h3-6,12,14,16,21H,7-11H2,1-2H3,(H,19,22)/t12-,14-,16-/m0/s1. The molecule has 0 unspecified atom stereocenters. The van der Waals surface area contributed by atoms with E-state index < -0.39 is 0 Å². The summed E-state index contributed by atoms with van der Waals surface area (Å²) in [7, 11) is 1.65. The Hall–Kier alpha value is -1.30. The van der Waals surface area contributed by atoms with E-state index in [2.05, 4.69) is 5.32 Å². The van der Waals surface area contributed by atoms with Crippen molar-refractivity contribution in [2.45, 2.75) is 31.9 Å². The number of nitrogens with zero attached hydrogens (tertiary/aromatic N) is 1. The molecule has 1 saturated heterocycles. The van der Waals surface area contributed by atoms with Crippen molar-refractivity contribution in [3.05, 3.63) is 34.9 Å². The van der Waals surface area contributed by atoms with Gasteiger partial charge in [-0.3, -0.25) is 0 Å². The maximum absolute atomic E-state index is 12.5. The molecule has 2 N–H and O–H groups in total. The quantitative estimate of drug-likeness (QED) is 0.837. The summed E-state index contributed by atoms with van der Waals surface area (Å²) in [4.78, 5) is 14.3. The number of methoxy groups -OCH3 is 1. The number of amides is 2. The Morgan fingerprint density at radius 3 is 2.74 bits per heavy atom. The van der Waals surface area contributed by atoms with E-state index in [0.717, 1.165) is 12.0 Å². The van der Waals surface area contributed by atoms with E-state index in [-0.39, 0.29) is 24.1 Å². The average molecular weight is 341 g/mol. The highest BCUT2D eigenvalue weighted by atomic mass is 35.5. The Balaban J connectivity index is 2.00. The average Bonchev–Trinajstić information content (AvgIpc) is 3.02. The molecule has 6 heteroatoms. The molecule has 0 radical (unpaired) electrons. The Kier molecular flexibility index (Phi) is 6.69. The van der Waals surface area contributed by atoms with Crippen molar-refractivity contribution in [3.63, 3.8) is 0 Å². The van der Waals surface area contributed by atoms with Gasteiger partial charge in [-0.25, -0.2) is 4.79 Å². The highest BCUT2D eigenvalue weighted by Gasteiger charge is 2.30. The van der Waals surface area contributed by atoms with E-state index in [1.807, 2.05) is 24.3 Å². The Bertz CT molecular complexity index is 507. The van der Waals surface area contributed by atoms with Gasteiger partial charge >= 0.3 is 6.03 Å². The van der Waals surface area contributed by atoms with Gasteiger partial charge in [0.25, 0.3) is 0 Å². The third-order valence-electron chi connectivity index (χ3n) is 4.37. The van der Waals surface area contributed by atoms with Crippen LogP contribution in [0.2, 0.25) is 5.02 Å². The van der Waals surface area contributed by atoms with E-state index in [1.165, 1.54) is 0 Å². The number of aliphatic hydroxyl groups is 1. The lowest BCUT2D eigenvalue weighted by Gasteiger charge is -2.24. The first-order valence-electron chi connectivity index (χ1n) is 7.99. The summed E-state index contributed by atoms with van der Waals surface area (Å²) in [6.07, 6.45) is 1.15. The van der Waals surface area contributed by atoms with Crippen LogP contribution in [0.25, 0.3) is 0 Å². The van der Waals surface area contributed by atoms with Crippen LogP contribution in [0.1, 0.15) is 31.4 Å². The van der Waals surface area contributed by atoms with Gasteiger partial charge in [0.15, 0.2) is 0 Å². The van der Waals surface area contributed by atoms with Crippen LogP contribution in [0.5, 0.6) is 0 Å². The number of ether oxygens (including phenoxy) is 1. The number of urea groups is 1. The van der Waals surface area contributed by atoms with Gasteiger partial charge in [-0.15, -0.1) is 0 Å². The molecule has 128 valence electrons. The molecule has 5 nitrogen and oxygen atoms in total. The topological polar surface area (TPSA) is 61.8 Å². The summed E-state index contributed by atoms with van der Waals surface area (Å²) in [5.74, 6) is 0.161. The Labute approximate surface area is 142 Å². The summed E-state index contributed by atoms with van der Waals surface area (Å²) in [6, 6.07) is 7.27. The Morgan fingerprint density at radius 1 is 1.48 bits per heavy atom. The lowest BCUT2D eigenvalue weighted by Crippen LogP contribution is -2.41. The number of hydrogen-bond acceptors (Lipinski definition) is 3. The van der Waals surface area contributed by atoms with Gasteiger partial charge in [0.05, 0.1) is 12.1 Å². The van der Waals surface area contributed by atoms with Crippen molar-refractivity contribution in [3.8, 4) is 0 Å². The summed E-state index contributed by atoms with van der Waals surface area (Å²) < 4.78 is 5.15. The van der Waals surface area contributed by atoms with E-state index in [9.17, 15) is 9.90 Å². The molecule has 2 amide bonds. The SMILES string of the molecule is COCC[C@H](NC(=O)N1CC[C@H]([C@H](C)O)C1)c1ccc(Cl)cc1. The highest BCUT2D eigenvalue weighted by molar-refractivity contribution is 6.30. The molecule has 1 aromatic rings. The van der Waals surface area contributed by atoms with Crippen LogP contribution in [-0.2, 0) is 4.74 Å². The normalized spacial score (nSPS) is 20.3. The van der Waals surface area contributed by atoms with E-state index in [1.54, 1.807) is 18.9 Å². The van der Waals surface area contributed by atoms with E-state index in [0.29, 0.717) is 31.1 Å². The lowest BCUT2D eigenvalue weighted by atomic mass is 10.0. The molecule has 1 aromatic carbocycles. The van der Waals surface area contributed by atoms with Crippen LogP contribution in [0.3, 0.4) is 0 Å². The molecular weight excluding hydrogens is 316 g/mol. The van der Waals surface area contributed by atoms with Crippen LogP contribution < -0.4 is 5.32 Å². The number of nitrogens with one attached hydrogen (secondary N) is 1. The number of benzene rings is 1. The second-order valence-electron chi connectivity index (χ2n) is 6.07. The first-order chi connectivity index (χ1) is 11.0. The number of halogens is 1. The largest absolute Gasteiger partial charge is 0.393 e. The molecule has 3 atom stereocenters. The van der Waals surface area contributed by atoms with Crippen LogP contribution in [0.4, 0.5) is 4.79 Å². The fourth-order valence-corrected chi connectivity index (χ4v) is 2.98. The van der Waals surface area contributed by atoms with Crippen LogP contribution in [-0.4, -0.2) is 48.9 Å². The van der Waals surface area contributed by atoms with Crippen molar-refractivity contribution >= 4 is 17.6 Å². The predicted octanol–water partition coefficient (Wildman–Crippen LogP) is 2.83. The predicted molar refractivity (Wildman–Crippen MR) is 90.6 cm³/mol. The van der Waals surface area contributed by atoms with E-state index >= 15 is 0 Å². The minimum absolute atomic E-state index is 0.0933. The summed E-state index contributed by atoms with van der Waals surface area (Å²) in [6.45, 7) is 3.62. The van der Waals surface area contributed by atoms with Gasteiger partial charge < -0.3 is 20.1 Å². The summed E-state index contributed by atoms with van der Waals surface area (Å²) in [5.41, 5.74) is 1.01. The number of likely N-dealkylation sites (tertiary alicyclic amines) is 1. The monoisotopic (exact) mass is 340 g/mol. The number of carbonyl (C=O) groups excluding carboxylic acids is 1. The van der Waals surface area contributed by atoms with Gasteiger partial charge in [0.2, 0.25) is 0 Å². The molecule has 0 saturated carbocycles. The Morgan fingerprint density at radius 2 is 2.17 bits per heavy atom. The number of rotatable bonds is 6. The maximum atomic E-state index is 12.5. The lowest BCUT2D eigenvalue weighted by molar-refractivity contribution is 0.128. The zero-order valence-corrected chi connectivity index (χ0v) is 14.4. The minimum atomic E-state index is -0.381. The fraction of sp³-hybridized carbons (Fsp3) is 0.588. The third-order valence-corrected chi connectivity index (χ3v) is 4.63. The van der Waals surface area contributed by atoms with Gasteiger partial charge in [-0.05, 0) is 37.5 Å². The van der Waals surface area contributed by atoms with Crippen molar-refractivity contribution in [2.75, 3.05) is 26.8 Å². The first kappa shape index (κ1) is 18.0. The smallest absolute Gasteiger partial charge is 0.317 e. The summed E-state index contributed by atoms with van der Waals surface area (Å²) in [5, 5.41) is 13.4. The molecule has 0 bridgehead atoms. The molecule has 2 rings (SSSR count). The molecule has 1 fully saturated rings. The van der Waals surface area contributed by atoms with Crippen molar-refractivity contribution in [2.24, 2.45) is 5.92 Å². The zero-order valence-electron chi connectivity index (χ0n) is 13.7. The van der Waals surface area contributed by atoms with E-state index in [4.69, 9.17) is 16.3 Å². The molecule has 1 heterocycles. The van der Waals surface area contributed by atoms with Gasteiger partial charge in [-0.2, -0.15) is 0 Å². The molecule has 23 heavy (non-hydrogen) atoms. The number of aliphatic hydroxyl groups excluding tert-OH is 1. The number of hydrogen-bond donors (Lipinski definition) is 2. The summed E-state index contributed by atoms with van der Waals surface area (Å²) >= 11 is 5.93. The molecular formula is C17H25ClN2O3. The second-order valence-corrected chi connectivity index (χ2v) is 6.51. The molecule has 0 aliphatic carbocycles. The van der Waals surface area contributed by atoms with Crippen LogP contribution in [0, 0.1) is 5.92 Å². The van der Waals surface area contributed by atoms with Gasteiger partial charge in [-0.1, -0.05) is 23.7 Å². The van der Waals surface area contributed by atoms with Gasteiger partial charge in [0.1, 0.15) is 0 Å². The maximum Gasteiger partial charge on any atom is 0.317 e. The molecule has 0 spiro atoms. The van der Waals surface area contributed by atoms with Crippen LogP contribution in [0.15, 0.2) is 24.3 Å². The van der Waals surface area contributed by atoms with Crippen molar-refractivity contribution in [1.82, 2.24) is 10.2 Å². The first-order valence-corrected chi connectivity index (χ1v) is 8.37. The number of carbonyl (C=O) groups is 1. The molecule has 0 aromatic heterocycles. The van der Waals surface area contributed by atoms with Crippen molar-refractivity contribution < 1.29 is 14.6 Å². The fourth-order valence-electron chi connectivity index (χ4n) is 2.86. The highest BCUT2D eigenvalue weighted by Crippen LogP contribution is 2.23. The second kappa shape index (κ2) is 8.52. The third kappa shape index (κ3) is 5.09.